The Morgan fingerprint density at radius 3 is 2.12 bits per heavy atom. The van der Waals surface area contributed by atoms with Gasteiger partial charge in [-0.1, -0.05) is 62.0 Å². The zero-order valence-corrected chi connectivity index (χ0v) is 17.9. The van der Waals surface area contributed by atoms with Gasteiger partial charge < -0.3 is 9.47 Å². The standard InChI is InChI=1S/C26H26N2O4/c1-3-18-31-22-14-12-21(13-15-22)25(29)27-28-26(30)24(4-2)32-23-16-10-20(11-17-23)19-8-6-5-7-9-19/h3,5-17,24H,1,4,18H2,2H3,(H,27,29)(H,28,30). The summed E-state index contributed by atoms with van der Waals surface area (Å²) in [4.78, 5) is 24.8. The third-order valence-corrected chi connectivity index (χ3v) is 4.69. The number of hydrogen-bond donors (Lipinski definition) is 2. The fourth-order valence-electron chi connectivity index (χ4n) is 2.97. The third kappa shape index (κ3) is 6.22. The van der Waals surface area contributed by atoms with Gasteiger partial charge in [0.05, 0.1) is 0 Å². The smallest absolute Gasteiger partial charge is 0.279 e. The summed E-state index contributed by atoms with van der Waals surface area (Å²) in [6.45, 7) is 5.81. The number of nitrogens with one attached hydrogen (secondary N) is 2. The summed E-state index contributed by atoms with van der Waals surface area (Å²) in [5.41, 5.74) is 7.40. The molecule has 6 heteroatoms. The lowest BCUT2D eigenvalue weighted by Gasteiger charge is -2.18. The molecule has 0 aliphatic rings. The molecule has 2 amide bonds. The number of carbonyl (C=O) groups excluding carboxylic acids is 2. The maximum Gasteiger partial charge on any atom is 0.279 e. The zero-order valence-electron chi connectivity index (χ0n) is 17.9. The monoisotopic (exact) mass is 430 g/mol. The number of carbonyl (C=O) groups is 2. The summed E-state index contributed by atoms with van der Waals surface area (Å²) >= 11 is 0. The molecule has 164 valence electrons. The predicted octanol–water partition coefficient (Wildman–Crippen LogP) is 4.54. The molecule has 0 heterocycles. The van der Waals surface area contributed by atoms with E-state index in [1.807, 2.05) is 61.5 Å². The molecule has 1 unspecified atom stereocenters. The predicted molar refractivity (Wildman–Crippen MR) is 124 cm³/mol. The molecule has 0 aliphatic heterocycles. The van der Waals surface area contributed by atoms with E-state index in [0.29, 0.717) is 30.1 Å². The van der Waals surface area contributed by atoms with E-state index in [1.54, 1.807) is 30.3 Å². The van der Waals surface area contributed by atoms with Crippen molar-refractivity contribution in [1.82, 2.24) is 10.9 Å². The van der Waals surface area contributed by atoms with Gasteiger partial charge in [0, 0.05) is 5.56 Å². The second-order valence-electron chi connectivity index (χ2n) is 6.97. The van der Waals surface area contributed by atoms with Crippen molar-refractivity contribution in [2.75, 3.05) is 6.61 Å². The Hall–Kier alpha value is -4.06. The molecule has 0 bridgehead atoms. The van der Waals surface area contributed by atoms with E-state index >= 15 is 0 Å². The highest BCUT2D eigenvalue weighted by molar-refractivity contribution is 5.95. The Morgan fingerprint density at radius 1 is 0.875 bits per heavy atom. The van der Waals surface area contributed by atoms with Crippen LogP contribution in [0.4, 0.5) is 0 Å². The van der Waals surface area contributed by atoms with E-state index in [1.165, 1.54) is 0 Å². The number of hydrazine groups is 1. The molecule has 0 saturated heterocycles. The highest BCUT2D eigenvalue weighted by Crippen LogP contribution is 2.23. The van der Waals surface area contributed by atoms with Gasteiger partial charge in [0.15, 0.2) is 6.10 Å². The van der Waals surface area contributed by atoms with Crippen LogP contribution in [0.3, 0.4) is 0 Å². The van der Waals surface area contributed by atoms with Crippen molar-refractivity contribution in [3.05, 3.63) is 97.1 Å². The van der Waals surface area contributed by atoms with E-state index in [-0.39, 0.29) is 0 Å². The molecule has 3 rings (SSSR count). The normalized spacial score (nSPS) is 11.2. The minimum atomic E-state index is -0.743. The third-order valence-electron chi connectivity index (χ3n) is 4.69. The van der Waals surface area contributed by atoms with Crippen molar-refractivity contribution >= 4 is 11.8 Å². The van der Waals surface area contributed by atoms with Crippen molar-refractivity contribution < 1.29 is 19.1 Å². The highest BCUT2D eigenvalue weighted by Gasteiger charge is 2.19. The number of amides is 2. The van der Waals surface area contributed by atoms with E-state index in [2.05, 4.69) is 17.4 Å². The maximum absolute atomic E-state index is 12.5. The van der Waals surface area contributed by atoms with Crippen LogP contribution >= 0.6 is 0 Å². The molecule has 2 N–H and O–H groups in total. The van der Waals surface area contributed by atoms with Gasteiger partial charge in [0.2, 0.25) is 0 Å². The first kappa shape index (κ1) is 22.6. The van der Waals surface area contributed by atoms with Gasteiger partial charge >= 0.3 is 0 Å². The second kappa shape index (κ2) is 11.4. The molecule has 3 aromatic carbocycles. The lowest BCUT2D eigenvalue weighted by atomic mass is 10.1. The number of rotatable bonds is 9. The van der Waals surface area contributed by atoms with Crippen LogP contribution in [-0.2, 0) is 4.79 Å². The Bertz CT molecular complexity index is 1030. The van der Waals surface area contributed by atoms with E-state index in [0.717, 1.165) is 11.1 Å². The maximum atomic E-state index is 12.5. The molecule has 3 aromatic rings. The van der Waals surface area contributed by atoms with Crippen molar-refractivity contribution in [2.24, 2.45) is 0 Å². The Kier molecular flexibility index (Phi) is 8.03. The molecule has 0 aromatic heterocycles. The first-order valence-corrected chi connectivity index (χ1v) is 10.4. The Balaban J connectivity index is 1.53. The Labute approximate surface area is 187 Å². The lowest BCUT2D eigenvalue weighted by molar-refractivity contribution is -0.128. The lowest BCUT2D eigenvalue weighted by Crippen LogP contribution is -2.47. The molecule has 32 heavy (non-hydrogen) atoms. The van der Waals surface area contributed by atoms with E-state index < -0.39 is 17.9 Å². The van der Waals surface area contributed by atoms with E-state index in [4.69, 9.17) is 9.47 Å². The molecule has 1 atom stereocenters. The first-order valence-electron chi connectivity index (χ1n) is 10.4. The quantitative estimate of drug-likeness (QED) is 0.386. The molecule has 0 saturated carbocycles. The molecule has 0 fully saturated rings. The van der Waals surface area contributed by atoms with Crippen LogP contribution in [0.5, 0.6) is 11.5 Å². The van der Waals surface area contributed by atoms with Gasteiger partial charge in [0.25, 0.3) is 11.8 Å². The van der Waals surface area contributed by atoms with Crippen LogP contribution in [0.1, 0.15) is 23.7 Å². The number of hydrogen-bond acceptors (Lipinski definition) is 4. The minimum absolute atomic E-state index is 0.384. The molecular formula is C26H26N2O4. The topological polar surface area (TPSA) is 76.7 Å². The molecule has 0 aliphatic carbocycles. The average molecular weight is 431 g/mol. The van der Waals surface area contributed by atoms with Gasteiger partial charge in [-0.25, -0.2) is 0 Å². The van der Waals surface area contributed by atoms with Crippen molar-refractivity contribution in [3.63, 3.8) is 0 Å². The summed E-state index contributed by atoms with van der Waals surface area (Å²) in [6, 6.07) is 24.1. The zero-order chi connectivity index (χ0) is 22.8. The van der Waals surface area contributed by atoms with Gasteiger partial charge in [0.1, 0.15) is 18.1 Å². The van der Waals surface area contributed by atoms with Crippen molar-refractivity contribution in [2.45, 2.75) is 19.4 Å². The highest BCUT2D eigenvalue weighted by atomic mass is 16.5. The second-order valence-corrected chi connectivity index (χ2v) is 6.97. The molecule has 6 nitrogen and oxygen atoms in total. The summed E-state index contributed by atoms with van der Waals surface area (Å²) in [5, 5.41) is 0. The largest absolute Gasteiger partial charge is 0.490 e. The van der Waals surface area contributed by atoms with Crippen LogP contribution in [0.25, 0.3) is 11.1 Å². The van der Waals surface area contributed by atoms with Gasteiger partial charge in [-0.3, -0.25) is 20.4 Å². The van der Waals surface area contributed by atoms with Gasteiger partial charge in [-0.15, -0.1) is 0 Å². The fourth-order valence-corrected chi connectivity index (χ4v) is 2.97. The SMILES string of the molecule is C=CCOc1ccc(C(=O)NNC(=O)C(CC)Oc2ccc(-c3ccccc3)cc2)cc1. The number of ether oxygens (including phenoxy) is 2. The summed E-state index contributed by atoms with van der Waals surface area (Å²) in [7, 11) is 0. The van der Waals surface area contributed by atoms with Crippen LogP contribution < -0.4 is 20.3 Å². The summed E-state index contributed by atoms with van der Waals surface area (Å²) < 4.78 is 11.2. The van der Waals surface area contributed by atoms with Crippen LogP contribution in [0.15, 0.2) is 91.5 Å². The van der Waals surface area contributed by atoms with E-state index in [9.17, 15) is 9.59 Å². The molecule has 0 spiro atoms. The van der Waals surface area contributed by atoms with Crippen molar-refractivity contribution in [3.8, 4) is 22.6 Å². The van der Waals surface area contributed by atoms with Gasteiger partial charge in [-0.2, -0.15) is 0 Å². The minimum Gasteiger partial charge on any atom is -0.490 e. The van der Waals surface area contributed by atoms with Crippen molar-refractivity contribution in [1.29, 1.82) is 0 Å². The van der Waals surface area contributed by atoms with Gasteiger partial charge in [-0.05, 0) is 53.9 Å². The summed E-state index contributed by atoms with van der Waals surface area (Å²) in [6.07, 6.45) is 1.34. The Morgan fingerprint density at radius 2 is 1.50 bits per heavy atom. The molecule has 0 radical (unpaired) electrons. The molecular weight excluding hydrogens is 404 g/mol. The summed E-state index contributed by atoms with van der Waals surface area (Å²) in [5.74, 6) is 0.339. The van der Waals surface area contributed by atoms with Crippen LogP contribution in [0.2, 0.25) is 0 Å². The van der Waals surface area contributed by atoms with Crippen LogP contribution in [0, 0.1) is 0 Å². The number of benzene rings is 3. The average Bonchev–Trinajstić information content (AvgIpc) is 2.85. The fraction of sp³-hybridized carbons (Fsp3) is 0.154. The first-order chi connectivity index (χ1) is 15.6. The van der Waals surface area contributed by atoms with Crippen LogP contribution in [-0.4, -0.2) is 24.5 Å².